The SMILES string of the molecule is COC(=O)c1cc(-c2cnc(OC(C)C)cc2C)n(C)n1.Cc1cc(OC(C)C)ncc1-c1cc(C(=O)Nc2c(F)cncc2F)nn1C. The van der Waals surface area contributed by atoms with Gasteiger partial charge in [-0.05, 0) is 64.8 Å². The Morgan fingerprint density at radius 2 is 1.18 bits per heavy atom. The number of aryl methyl sites for hydroxylation is 4. The monoisotopic (exact) mass is 676 g/mol. The number of hydrogen-bond donors (Lipinski definition) is 1. The second kappa shape index (κ2) is 15.4. The van der Waals surface area contributed by atoms with E-state index >= 15 is 0 Å². The van der Waals surface area contributed by atoms with Gasteiger partial charge in [0, 0.05) is 49.7 Å². The number of halogens is 2. The van der Waals surface area contributed by atoms with Crippen LogP contribution in [0.25, 0.3) is 22.5 Å². The third kappa shape index (κ3) is 8.80. The van der Waals surface area contributed by atoms with Gasteiger partial charge in [-0.2, -0.15) is 10.2 Å². The van der Waals surface area contributed by atoms with Gasteiger partial charge in [-0.1, -0.05) is 0 Å². The number of pyridine rings is 3. The number of nitrogens with one attached hydrogen (secondary N) is 1. The van der Waals surface area contributed by atoms with Crippen molar-refractivity contribution in [3.05, 3.63) is 83.2 Å². The molecule has 0 spiro atoms. The molecule has 1 amide bonds. The van der Waals surface area contributed by atoms with Crippen LogP contribution >= 0.6 is 0 Å². The number of esters is 1. The van der Waals surface area contributed by atoms with E-state index in [0.29, 0.717) is 17.5 Å². The minimum Gasteiger partial charge on any atom is -0.475 e. The van der Waals surface area contributed by atoms with E-state index in [1.807, 2.05) is 47.6 Å². The van der Waals surface area contributed by atoms with Crippen LogP contribution in [-0.2, 0) is 18.8 Å². The lowest BCUT2D eigenvalue weighted by Crippen LogP contribution is -2.15. The van der Waals surface area contributed by atoms with Crippen molar-refractivity contribution in [2.75, 3.05) is 12.4 Å². The van der Waals surface area contributed by atoms with Gasteiger partial charge >= 0.3 is 5.97 Å². The van der Waals surface area contributed by atoms with Crippen LogP contribution in [0.1, 0.15) is 59.8 Å². The van der Waals surface area contributed by atoms with Crippen LogP contribution in [-0.4, -0.2) is 65.7 Å². The summed E-state index contributed by atoms with van der Waals surface area (Å²) >= 11 is 0. The zero-order valence-electron chi connectivity index (χ0n) is 28.7. The molecule has 15 heteroatoms. The zero-order chi connectivity index (χ0) is 36.0. The van der Waals surface area contributed by atoms with Gasteiger partial charge in [0.2, 0.25) is 11.8 Å². The molecular formula is C34H38F2N8O5. The predicted molar refractivity (Wildman–Crippen MR) is 177 cm³/mol. The lowest BCUT2D eigenvalue weighted by Gasteiger charge is -2.11. The minimum absolute atomic E-state index is 0.00118. The van der Waals surface area contributed by atoms with E-state index in [0.717, 1.165) is 40.3 Å². The molecule has 0 aliphatic carbocycles. The number of aromatic nitrogens is 7. The summed E-state index contributed by atoms with van der Waals surface area (Å²) < 4.78 is 46.4. The van der Waals surface area contributed by atoms with Gasteiger partial charge in [0.05, 0.1) is 43.1 Å². The lowest BCUT2D eigenvalue weighted by molar-refractivity contribution is 0.0593. The molecule has 0 aromatic carbocycles. The summed E-state index contributed by atoms with van der Waals surface area (Å²) in [5, 5.41) is 10.5. The van der Waals surface area contributed by atoms with Crippen molar-refractivity contribution in [1.82, 2.24) is 34.5 Å². The summed E-state index contributed by atoms with van der Waals surface area (Å²) in [6.45, 7) is 11.6. The Morgan fingerprint density at radius 3 is 1.61 bits per heavy atom. The average molecular weight is 677 g/mol. The molecule has 5 aromatic rings. The number of hydrogen-bond acceptors (Lipinski definition) is 10. The maximum atomic E-state index is 13.7. The van der Waals surface area contributed by atoms with Crippen molar-refractivity contribution in [1.29, 1.82) is 0 Å². The van der Waals surface area contributed by atoms with Crippen molar-refractivity contribution in [2.24, 2.45) is 14.1 Å². The molecule has 13 nitrogen and oxygen atoms in total. The molecule has 0 atom stereocenters. The Labute approximate surface area is 282 Å². The molecule has 0 unspecified atom stereocenters. The standard InChI is InChI=1S/C19H19F2N5O2.C15H19N3O3/c1-10(2)28-17-5-11(3)12(7-23-17)16-6-15(25-26(16)4)19(27)24-18-13(20)8-22-9-14(18)21;1-9(2)21-14-6-10(3)11(8-16-14)13-7-12(15(19)20-5)17-18(13)4/h5-10H,1-4H3,(H,22,24,27);6-9H,1-5H3. The molecule has 0 bridgehead atoms. The molecule has 5 aromatic heterocycles. The van der Waals surface area contributed by atoms with Crippen molar-refractivity contribution in [2.45, 2.75) is 53.8 Å². The lowest BCUT2D eigenvalue weighted by atomic mass is 10.1. The first-order valence-corrected chi connectivity index (χ1v) is 15.2. The first kappa shape index (κ1) is 36.1. The van der Waals surface area contributed by atoms with Gasteiger partial charge in [0.25, 0.3) is 5.91 Å². The van der Waals surface area contributed by atoms with Crippen molar-refractivity contribution >= 4 is 17.6 Å². The first-order valence-electron chi connectivity index (χ1n) is 15.2. The first-order chi connectivity index (χ1) is 23.2. The smallest absolute Gasteiger partial charge is 0.358 e. The van der Waals surface area contributed by atoms with Crippen molar-refractivity contribution in [3.8, 4) is 34.3 Å². The van der Waals surface area contributed by atoms with Gasteiger partial charge in [-0.25, -0.2) is 23.5 Å². The van der Waals surface area contributed by atoms with Crippen LogP contribution in [0.2, 0.25) is 0 Å². The maximum absolute atomic E-state index is 13.7. The fourth-order valence-electron chi connectivity index (χ4n) is 4.67. The number of anilines is 1. The molecule has 49 heavy (non-hydrogen) atoms. The fourth-order valence-corrected chi connectivity index (χ4v) is 4.67. The molecule has 0 saturated heterocycles. The molecule has 0 fully saturated rings. The van der Waals surface area contributed by atoms with Crippen molar-refractivity contribution in [3.63, 3.8) is 0 Å². The Balaban J connectivity index is 0.000000230. The van der Waals surface area contributed by atoms with Gasteiger partial charge in [-0.15, -0.1) is 0 Å². The molecule has 0 saturated carbocycles. The van der Waals surface area contributed by atoms with Crippen molar-refractivity contribution < 1.29 is 32.6 Å². The van der Waals surface area contributed by atoms with Gasteiger partial charge in [-0.3, -0.25) is 19.1 Å². The largest absolute Gasteiger partial charge is 0.475 e. The number of carbonyl (C=O) groups excluding carboxylic acids is 2. The maximum Gasteiger partial charge on any atom is 0.358 e. The minimum atomic E-state index is -0.967. The van der Waals surface area contributed by atoms with Crippen LogP contribution in [0.4, 0.5) is 14.5 Å². The van der Waals surface area contributed by atoms with Gasteiger partial charge in [0.1, 0.15) is 5.69 Å². The summed E-state index contributed by atoms with van der Waals surface area (Å²) in [6.07, 6.45) is 5.07. The van der Waals surface area contributed by atoms with Gasteiger partial charge < -0.3 is 19.5 Å². The van der Waals surface area contributed by atoms with Crippen LogP contribution in [0.5, 0.6) is 11.8 Å². The van der Waals surface area contributed by atoms with E-state index in [1.54, 1.807) is 43.3 Å². The van der Waals surface area contributed by atoms with E-state index in [4.69, 9.17) is 9.47 Å². The fraction of sp³-hybridized carbons (Fsp3) is 0.324. The Morgan fingerprint density at radius 1 is 0.735 bits per heavy atom. The highest BCUT2D eigenvalue weighted by atomic mass is 19.1. The van der Waals surface area contributed by atoms with Crippen LogP contribution in [0, 0.1) is 25.5 Å². The highest BCUT2D eigenvalue weighted by Crippen LogP contribution is 2.28. The topological polar surface area (TPSA) is 148 Å². The quantitative estimate of drug-likeness (QED) is 0.188. The molecule has 5 heterocycles. The molecule has 1 N–H and O–H groups in total. The number of carbonyl (C=O) groups is 2. The summed E-state index contributed by atoms with van der Waals surface area (Å²) in [6, 6.07) is 6.89. The van der Waals surface area contributed by atoms with E-state index < -0.39 is 29.2 Å². The second-order valence-corrected chi connectivity index (χ2v) is 11.5. The third-order valence-electron chi connectivity index (χ3n) is 6.91. The summed E-state index contributed by atoms with van der Waals surface area (Å²) in [5.41, 5.74) is 4.68. The third-order valence-corrected chi connectivity index (χ3v) is 6.91. The van der Waals surface area contributed by atoms with Gasteiger partial charge in [0.15, 0.2) is 23.0 Å². The van der Waals surface area contributed by atoms with Crippen LogP contribution in [0.15, 0.2) is 49.1 Å². The number of rotatable bonds is 9. The zero-order valence-corrected chi connectivity index (χ0v) is 28.7. The predicted octanol–water partition coefficient (Wildman–Crippen LogP) is 5.87. The summed E-state index contributed by atoms with van der Waals surface area (Å²) in [7, 11) is 4.78. The summed E-state index contributed by atoms with van der Waals surface area (Å²) in [5.74, 6) is -2.05. The number of amides is 1. The van der Waals surface area contributed by atoms with Crippen LogP contribution < -0.4 is 14.8 Å². The van der Waals surface area contributed by atoms with E-state index in [1.165, 1.54) is 17.9 Å². The second-order valence-electron chi connectivity index (χ2n) is 11.5. The highest BCUT2D eigenvalue weighted by molar-refractivity contribution is 6.03. The normalized spacial score (nSPS) is 10.9. The Kier molecular flexibility index (Phi) is 11.4. The Hall–Kier alpha value is -5.73. The average Bonchev–Trinajstić information content (AvgIpc) is 3.61. The van der Waals surface area contributed by atoms with Crippen LogP contribution in [0.3, 0.4) is 0 Å². The molecule has 258 valence electrons. The number of methoxy groups -OCH3 is 1. The van der Waals surface area contributed by atoms with E-state index in [-0.39, 0.29) is 23.6 Å². The Bertz CT molecular complexity index is 1950. The van der Waals surface area contributed by atoms with E-state index in [9.17, 15) is 18.4 Å². The molecule has 0 aliphatic rings. The molecular weight excluding hydrogens is 638 g/mol. The molecule has 5 rings (SSSR count). The highest BCUT2D eigenvalue weighted by Gasteiger charge is 2.20. The number of ether oxygens (including phenoxy) is 3. The molecule has 0 radical (unpaired) electrons. The number of nitrogens with zero attached hydrogens (tertiary/aromatic N) is 7. The summed E-state index contributed by atoms with van der Waals surface area (Å²) in [4.78, 5) is 35.9. The van der Waals surface area contributed by atoms with E-state index in [2.05, 4.69) is 35.2 Å². The molecule has 0 aliphatic heterocycles.